The van der Waals surface area contributed by atoms with Crippen LogP contribution < -0.4 is 5.32 Å². The van der Waals surface area contributed by atoms with E-state index in [1.807, 2.05) is 30.3 Å². The average molecular weight is 379 g/mol. The van der Waals surface area contributed by atoms with Crippen molar-refractivity contribution in [3.8, 4) is 0 Å². The SMILES string of the molecule is O=C(Nc1c(SC(=O)c2ccccc2)sc2ccoc12)c1ccccc1. The van der Waals surface area contributed by atoms with Crippen LogP contribution in [-0.2, 0) is 0 Å². The van der Waals surface area contributed by atoms with E-state index in [0.29, 0.717) is 26.6 Å². The third kappa shape index (κ3) is 3.29. The molecule has 0 saturated carbocycles. The van der Waals surface area contributed by atoms with Crippen molar-refractivity contribution < 1.29 is 14.0 Å². The molecule has 1 amide bonds. The van der Waals surface area contributed by atoms with Crippen LogP contribution in [0.25, 0.3) is 10.3 Å². The number of hydrogen-bond acceptors (Lipinski definition) is 5. The summed E-state index contributed by atoms with van der Waals surface area (Å²) in [6, 6.07) is 19.8. The molecule has 0 radical (unpaired) electrons. The molecule has 128 valence electrons. The summed E-state index contributed by atoms with van der Waals surface area (Å²) in [5.74, 6) is -0.240. The monoisotopic (exact) mass is 379 g/mol. The number of benzene rings is 2. The zero-order chi connectivity index (χ0) is 17.9. The Labute approximate surface area is 157 Å². The standard InChI is InChI=1S/C20H13NO3S2/c22-18(13-7-3-1-4-8-13)21-16-17-15(11-12-24-17)25-20(16)26-19(23)14-9-5-2-6-10-14/h1-12H,(H,21,22). The third-order valence-corrected chi connectivity index (χ3v) is 5.97. The molecule has 0 aliphatic rings. The molecule has 0 aliphatic carbocycles. The Morgan fingerprint density at radius 3 is 2.23 bits per heavy atom. The van der Waals surface area contributed by atoms with Gasteiger partial charge in [0.2, 0.25) is 5.12 Å². The van der Waals surface area contributed by atoms with Crippen LogP contribution in [0.15, 0.2) is 81.6 Å². The van der Waals surface area contributed by atoms with E-state index in [0.717, 1.165) is 16.5 Å². The summed E-state index contributed by atoms with van der Waals surface area (Å²) in [5.41, 5.74) is 2.28. The van der Waals surface area contributed by atoms with E-state index in [1.54, 1.807) is 42.7 Å². The van der Waals surface area contributed by atoms with Crippen LogP contribution in [0, 0.1) is 0 Å². The first-order chi connectivity index (χ1) is 12.7. The Morgan fingerprint density at radius 1 is 0.885 bits per heavy atom. The minimum atomic E-state index is -0.240. The zero-order valence-electron chi connectivity index (χ0n) is 13.5. The maximum absolute atomic E-state index is 12.5. The fraction of sp³-hybridized carbons (Fsp3) is 0. The second-order valence-electron chi connectivity index (χ2n) is 5.45. The van der Waals surface area contributed by atoms with E-state index in [-0.39, 0.29) is 11.0 Å². The van der Waals surface area contributed by atoms with E-state index in [1.165, 1.54) is 11.3 Å². The highest BCUT2D eigenvalue weighted by molar-refractivity contribution is 8.15. The maximum Gasteiger partial charge on any atom is 0.255 e. The summed E-state index contributed by atoms with van der Waals surface area (Å²) in [4.78, 5) is 25.1. The number of rotatable bonds is 4. The molecule has 0 aliphatic heterocycles. The average Bonchev–Trinajstić information content (AvgIpc) is 3.26. The first-order valence-electron chi connectivity index (χ1n) is 7.86. The molecule has 0 bridgehead atoms. The Hall–Kier alpha value is -2.83. The van der Waals surface area contributed by atoms with Gasteiger partial charge >= 0.3 is 0 Å². The fourth-order valence-electron chi connectivity index (χ4n) is 2.48. The van der Waals surface area contributed by atoms with Gasteiger partial charge in [0.1, 0.15) is 5.69 Å². The number of amides is 1. The topological polar surface area (TPSA) is 59.3 Å². The van der Waals surface area contributed by atoms with Crippen molar-refractivity contribution in [3.05, 3.63) is 84.1 Å². The zero-order valence-corrected chi connectivity index (χ0v) is 15.1. The van der Waals surface area contributed by atoms with Gasteiger partial charge in [0.15, 0.2) is 5.58 Å². The molecule has 0 atom stereocenters. The molecule has 2 aromatic heterocycles. The molecule has 26 heavy (non-hydrogen) atoms. The Morgan fingerprint density at radius 2 is 1.54 bits per heavy atom. The second-order valence-corrected chi connectivity index (χ2v) is 7.75. The number of nitrogens with one attached hydrogen (secondary N) is 1. The predicted molar refractivity (Wildman–Crippen MR) is 105 cm³/mol. The largest absolute Gasteiger partial charge is 0.461 e. The molecule has 1 N–H and O–H groups in total. The van der Waals surface area contributed by atoms with Gasteiger partial charge < -0.3 is 9.73 Å². The van der Waals surface area contributed by atoms with E-state index >= 15 is 0 Å². The van der Waals surface area contributed by atoms with Crippen LogP contribution in [0.2, 0.25) is 0 Å². The number of carbonyl (C=O) groups excluding carboxylic acids is 2. The lowest BCUT2D eigenvalue weighted by Crippen LogP contribution is -2.11. The molecule has 0 saturated heterocycles. The van der Waals surface area contributed by atoms with Crippen molar-refractivity contribution in [2.45, 2.75) is 4.21 Å². The lowest BCUT2D eigenvalue weighted by molar-refractivity contribution is 0.102. The maximum atomic E-state index is 12.5. The number of thiophene rings is 1. The normalized spacial score (nSPS) is 10.8. The number of carbonyl (C=O) groups is 2. The van der Waals surface area contributed by atoms with E-state index < -0.39 is 0 Å². The minimum absolute atomic E-state index is 0.0790. The van der Waals surface area contributed by atoms with Gasteiger partial charge in [-0.3, -0.25) is 9.59 Å². The molecule has 0 unspecified atom stereocenters. The van der Waals surface area contributed by atoms with Crippen molar-refractivity contribution in [1.29, 1.82) is 0 Å². The summed E-state index contributed by atoms with van der Waals surface area (Å²) in [6.07, 6.45) is 1.58. The highest BCUT2D eigenvalue weighted by atomic mass is 32.2. The first kappa shape index (κ1) is 16.6. The minimum Gasteiger partial charge on any atom is -0.461 e. The van der Waals surface area contributed by atoms with E-state index in [4.69, 9.17) is 4.42 Å². The highest BCUT2D eigenvalue weighted by Crippen LogP contribution is 2.43. The van der Waals surface area contributed by atoms with Crippen molar-refractivity contribution >= 4 is 50.1 Å². The summed E-state index contributed by atoms with van der Waals surface area (Å²) in [6.45, 7) is 0. The summed E-state index contributed by atoms with van der Waals surface area (Å²) >= 11 is 2.52. The highest BCUT2D eigenvalue weighted by Gasteiger charge is 2.21. The van der Waals surface area contributed by atoms with Crippen LogP contribution >= 0.6 is 23.1 Å². The van der Waals surface area contributed by atoms with Gasteiger partial charge in [-0.2, -0.15) is 0 Å². The van der Waals surface area contributed by atoms with Crippen LogP contribution in [0.4, 0.5) is 5.69 Å². The number of fused-ring (bicyclic) bond motifs is 1. The molecule has 6 heteroatoms. The lowest BCUT2D eigenvalue weighted by Gasteiger charge is -2.06. The molecule has 2 heterocycles. The van der Waals surface area contributed by atoms with Crippen LogP contribution in [0.3, 0.4) is 0 Å². The molecule has 4 aromatic rings. The number of furan rings is 1. The molecule has 2 aromatic carbocycles. The van der Waals surface area contributed by atoms with Crippen molar-refractivity contribution in [1.82, 2.24) is 0 Å². The van der Waals surface area contributed by atoms with Crippen molar-refractivity contribution in [3.63, 3.8) is 0 Å². The molecule has 0 fully saturated rings. The second kappa shape index (κ2) is 7.19. The number of anilines is 1. The van der Waals surface area contributed by atoms with Crippen LogP contribution in [0.5, 0.6) is 0 Å². The predicted octanol–water partition coefficient (Wildman–Crippen LogP) is 5.68. The van der Waals surface area contributed by atoms with Crippen molar-refractivity contribution in [2.24, 2.45) is 0 Å². The molecular formula is C20H13NO3S2. The molecule has 4 nitrogen and oxygen atoms in total. The molecule has 4 rings (SSSR count). The molecule has 0 spiro atoms. The van der Waals surface area contributed by atoms with Crippen LogP contribution in [0.1, 0.15) is 20.7 Å². The third-order valence-electron chi connectivity index (χ3n) is 3.73. The van der Waals surface area contributed by atoms with E-state index in [9.17, 15) is 9.59 Å². The smallest absolute Gasteiger partial charge is 0.255 e. The van der Waals surface area contributed by atoms with Gasteiger partial charge in [-0.05, 0) is 30.0 Å². The summed E-state index contributed by atoms with van der Waals surface area (Å²) < 4.78 is 7.12. The number of hydrogen-bond donors (Lipinski definition) is 1. The summed E-state index contributed by atoms with van der Waals surface area (Å²) in [7, 11) is 0. The Balaban J connectivity index is 1.65. The Kier molecular flexibility index (Phi) is 4.60. The van der Waals surface area contributed by atoms with Gasteiger partial charge in [0, 0.05) is 11.1 Å². The van der Waals surface area contributed by atoms with Gasteiger partial charge in [0.25, 0.3) is 5.91 Å². The summed E-state index contributed by atoms with van der Waals surface area (Å²) in [5, 5.41) is 2.82. The molecular weight excluding hydrogens is 366 g/mol. The Bertz CT molecular complexity index is 1070. The van der Waals surface area contributed by atoms with Gasteiger partial charge in [-0.25, -0.2) is 0 Å². The van der Waals surface area contributed by atoms with E-state index in [2.05, 4.69) is 5.32 Å². The quantitative estimate of drug-likeness (QED) is 0.464. The van der Waals surface area contributed by atoms with Gasteiger partial charge in [-0.15, -0.1) is 11.3 Å². The fourth-order valence-corrected chi connectivity index (χ4v) is 4.62. The lowest BCUT2D eigenvalue weighted by atomic mass is 10.2. The first-order valence-corrected chi connectivity index (χ1v) is 9.49. The van der Waals surface area contributed by atoms with Gasteiger partial charge in [0.05, 0.1) is 15.2 Å². The van der Waals surface area contributed by atoms with Gasteiger partial charge in [-0.1, -0.05) is 48.5 Å². The number of thioether (sulfide) groups is 1. The van der Waals surface area contributed by atoms with Crippen LogP contribution in [-0.4, -0.2) is 11.0 Å². The van der Waals surface area contributed by atoms with Crippen molar-refractivity contribution in [2.75, 3.05) is 5.32 Å².